The molecule has 1 aromatic carbocycles. The Morgan fingerprint density at radius 2 is 2.15 bits per heavy atom. The number of hydrogen-bond donors (Lipinski definition) is 3. The summed E-state index contributed by atoms with van der Waals surface area (Å²) in [6, 6.07) is 6.83. The molecule has 0 bridgehead atoms. The summed E-state index contributed by atoms with van der Waals surface area (Å²) >= 11 is -0.00327. The van der Waals surface area contributed by atoms with Gasteiger partial charge in [-0.3, -0.25) is 0 Å². The van der Waals surface area contributed by atoms with Gasteiger partial charge >= 0.3 is 159 Å². The summed E-state index contributed by atoms with van der Waals surface area (Å²) < 4.78 is 28.4. The van der Waals surface area contributed by atoms with E-state index in [1.54, 1.807) is 18.2 Å². The van der Waals surface area contributed by atoms with Crippen LogP contribution in [0.25, 0.3) is 0 Å². The second-order valence-electron chi connectivity index (χ2n) is 4.46. The van der Waals surface area contributed by atoms with Crippen molar-refractivity contribution in [2.45, 2.75) is 5.41 Å². The van der Waals surface area contributed by atoms with Crippen LogP contribution in [-0.4, -0.2) is 81.6 Å². The van der Waals surface area contributed by atoms with Crippen LogP contribution in [-0.2, 0) is 20.4 Å². The van der Waals surface area contributed by atoms with Gasteiger partial charge in [-0.1, -0.05) is 0 Å². The van der Waals surface area contributed by atoms with Crippen LogP contribution in [0.4, 0.5) is 5.69 Å². The van der Waals surface area contributed by atoms with E-state index in [9.17, 15) is 18.3 Å². The van der Waals surface area contributed by atoms with Gasteiger partial charge in [0.15, 0.2) is 0 Å². The third-order valence-electron chi connectivity index (χ3n) is 3.14. The van der Waals surface area contributed by atoms with Crippen LogP contribution in [0.3, 0.4) is 0 Å². The number of carbonyl (C=O) groups excluding carboxylic acids is 1. The molecule has 1 heterocycles. The molecule has 1 aliphatic heterocycles. The number of aliphatic hydroxyl groups excluding tert-OH is 1. The molecule has 0 aliphatic carbocycles. The molecular weight excluding hydrogens is 356 g/mol. The molecule has 0 amide bonds. The number of thiol groups is 1. The third-order valence-corrected chi connectivity index (χ3v) is 6.64. The van der Waals surface area contributed by atoms with E-state index in [1.807, 2.05) is 6.07 Å². The normalized spacial score (nSPS) is 17.1. The van der Waals surface area contributed by atoms with Crippen molar-refractivity contribution in [2.75, 3.05) is 11.3 Å². The minimum absolute atomic E-state index is 0.00327. The molecular formula is C12H12NO5RbS. The number of rotatable bonds is 4. The number of anilines is 1. The third kappa shape index (κ3) is 3.91. The Morgan fingerprint density at radius 1 is 1.40 bits per heavy atom. The number of esters is 1. The molecule has 2 N–H and O–H groups in total. The average molecular weight is 368 g/mol. The van der Waals surface area contributed by atoms with Gasteiger partial charge in [-0.25, -0.2) is 0 Å². The maximum absolute atomic E-state index is 11.8. The fourth-order valence-corrected chi connectivity index (χ4v) is 4.78. The van der Waals surface area contributed by atoms with Gasteiger partial charge in [0, 0.05) is 0 Å². The van der Waals surface area contributed by atoms with Crippen LogP contribution < -0.4 is 4.72 Å². The number of nitrogens with one attached hydrogen (secondary N) is 1. The van der Waals surface area contributed by atoms with Gasteiger partial charge in [-0.05, 0) is 0 Å². The molecule has 1 atom stereocenters. The predicted molar refractivity (Wildman–Crippen MR) is 74.1 cm³/mol. The van der Waals surface area contributed by atoms with Gasteiger partial charge in [-0.15, -0.1) is 0 Å². The number of cyclic esters (lactones) is 1. The molecule has 0 spiro atoms. The second kappa shape index (κ2) is 7.17. The molecule has 0 saturated heterocycles. The molecule has 0 saturated carbocycles. The van der Waals surface area contributed by atoms with E-state index in [4.69, 9.17) is 4.74 Å². The average Bonchev–Trinajstić information content (AvgIpc) is 2.38. The van der Waals surface area contributed by atoms with Crippen molar-refractivity contribution in [2.24, 2.45) is 0 Å². The molecule has 2 rings (SSSR count). The quantitative estimate of drug-likeness (QED) is 0.535. The van der Waals surface area contributed by atoms with Crippen LogP contribution in [0.1, 0.15) is 11.0 Å². The number of hydrogen-bond acceptors (Lipinski definition) is 5. The van der Waals surface area contributed by atoms with E-state index in [0.29, 0.717) is 17.7 Å². The van der Waals surface area contributed by atoms with Crippen molar-refractivity contribution in [1.29, 1.82) is 0 Å². The van der Waals surface area contributed by atoms with Crippen LogP contribution in [0, 0.1) is 0 Å². The van der Waals surface area contributed by atoms with Crippen molar-refractivity contribution in [3.05, 3.63) is 41.2 Å². The Kier molecular flexibility index (Phi) is 5.79. The van der Waals surface area contributed by atoms with Gasteiger partial charge in [-0.2, -0.15) is 0 Å². The molecule has 0 fully saturated rings. The summed E-state index contributed by atoms with van der Waals surface area (Å²) in [7, 11) is -2.73. The topological polar surface area (TPSA) is 92.7 Å². The van der Waals surface area contributed by atoms with E-state index in [0.717, 1.165) is 5.56 Å². The van der Waals surface area contributed by atoms with Crippen LogP contribution in [0.15, 0.2) is 35.6 Å². The van der Waals surface area contributed by atoms with Gasteiger partial charge in [0.25, 0.3) is 0 Å². The summed E-state index contributed by atoms with van der Waals surface area (Å²) in [5.41, 5.74) is 1.57. The summed E-state index contributed by atoms with van der Waals surface area (Å²) in [5, 5.41) is 9.89. The van der Waals surface area contributed by atoms with E-state index in [1.165, 1.54) is 0 Å². The standard InChI is InChI=1S/C12H12NO5S.Rb/c14-11-4-5-18-12(15)10(11)7-8-2-1-3-9(6-8)13-19(16)17;/h1-3,6-7,14,19H,4-5H2,(H,13,16,17);. The second-order valence-corrected chi connectivity index (χ2v) is 8.04. The molecule has 8 heteroatoms. The molecule has 0 aromatic heterocycles. The van der Waals surface area contributed by atoms with E-state index in [-0.39, 0.29) is 66.9 Å². The van der Waals surface area contributed by atoms with E-state index >= 15 is 0 Å². The Bertz CT molecular complexity index is 632. The number of carbonyl (C=O) groups is 1. The SMILES string of the molecule is O=C1OCCC(O)=C1[CH]([Rb])c1cccc(N[SH](=O)=O)c1. The predicted octanol–water partition coefficient (Wildman–Crippen LogP) is 0.594. The zero-order valence-corrected chi connectivity index (χ0v) is 16.6. The fourth-order valence-electron chi connectivity index (χ4n) is 2.15. The van der Waals surface area contributed by atoms with Crippen LogP contribution >= 0.6 is 0 Å². The molecule has 1 aromatic rings. The Morgan fingerprint density at radius 3 is 2.80 bits per heavy atom. The Labute approximate surface area is 157 Å². The molecule has 1 aliphatic rings. The van der Waals surface area contributed by atoms with Crippen molar-refractivity contribution in [1.82, 2.24) is 0 Å². The zero-order chi connectivity index (χ0) is 14.7. The first kappa shape index (κ1) is 16.2. The summed E-state index contributed by atoms with van der Waals surface area (Å²) in [6.07, 6.45) is 0.335. The van der Waals surface area contributed by atoms with Crippen LogP contribution in [0.2, 0.25) is 0 Å². The summed E-state index contributed by atoms with van der Waals surface area (Å²) in [4.78, 5) is 11.8. The molecule has 20 heavy (non-hydrogen) atoms. The van der Waals surface area contributed by atoms with Gasteiger partial charge in [0.1, 0.15) is 0 Å². The Hall–Kier alpha value is -0.215. The van der Waals surface area contributed by atoms with E-state index in [2.05, 4.69) is 4.72 Å². The number of aliphatic hydroxyl groups is 1. The van der Waals surface area contributed by atoms with E-state index < -0.39 is 16.9 Å². The number of benzene rings is 1. The first-order valence-electron chi connectivity index (χ1n) is 6.09. The van der Waals surface area contributed by atoms with Crippen molar-refractivity contribution < 1.29 is 23.1 Å². The molecule has 0 radical (unpaired) electrons. The number of ether oxygens (including phenoxy) is 1. The first-order valence-corrected chi connectivity index (χ1v) is 10.1. The van der Waals surface area contributed by atoms with Crippen molar-refractivity contribution >= 4 is 78.1 Å². The van der Waals surface area contributed by atoms with Crippen molar-refractivity contribution in [3.63, 3.8) is 0 Å². The van der Waals surface area contributed by atoms with Crippen molar-refractivity contribution in [3.8, 4) is 0 Å². The van der Waals surface area contributed by atoms with Gasteiger partial charge in [0.2, 0.25) is 0 Å². The maximum atomic E-state index is 11.8. The Balaban J connectivity index is 2.33. The first-order chi connectivity index (χ1) is 9.49. The summed E-state index contributed by atoms with van der Waals surface area (Å²) in [5.74, 6) is -0.398. The molecule has 6 nitrogen and oxygen atoms in total. The molecule has 1 unspecified atom stereocenters. The zero-order valence-electron chi connectivity index (χ0n) is 10.8. The van der Waals surface area contributed by atoms with Gasteiger partial charge < -0.3 is 0 Å². The monoisotopic (exact) mass is 367 g/mol. The molecule has 102 valence electrons. The van der Waals surface area contributed by atoms with Crippen LogP contribution in [0.5, 0.6) is 0 Å². The van der Waals surface area contributed by atoms with Gasteiger partial charge in [0.05, 0.1) is 0 Å². The minimum atomic E-state index is -2.73. The summed E-state index contributed by atoms with van der Waals surface area (Å²) in [6.45, 7) is 0.203. The fraction of sp³-hybridized carbons (Fsp3) is 0.250.